The van der Waals surface area contributed by atoms with Crippen molar-refractivity contribution in [3.63, 3.8) is 0 Å². The lowest BCUT2D eigenvalue weighted by molar-refractivity contribution is 0.0711. The predicted octanol–water partition coefficient (Wildman–Crippen LogP) is 2.32. The number of nitrogens with one attached hydrogen (secondary N) is 1. The summed E-state index contributed by atoms with van der Waals surface area (Å²) in [6.07, 6.45) is 2.63. The Hall–Kier alpha value is -1.96. The van der Waals surface area contributed by atoms with Gasteiger partial charge in [-0.2, -0.15) is 0 Å². The van der Waals surface area contributed by atoms with E-state index in [1.54, 1.807) is 47.4 Å². The van der Waals surface area contributed by atoms with Gasteiger partial charge in [0.25, 0.3) is 5.91 Å². The van der Waals surface area contributed by atoms with Gasteiger partial charge in [0.2, 0.25) is 10.0 Å². The Bertz CT molecular complexity index is 850. The number of benzene rings is 1. The molecule has 1 amide bonds. The molecular formula is C17H18ClN3O3S. The van der Waals surface area contributed by atoms with Gasteiger partial charge in [-0.05, 0) is 37.1 Å². The van der Waals surface area contributed by atoms with E-state index < -0.39 is 10.0 Å². The number of carbonyl (C=O) groups is 1. The normalized spacial score (nSPS) is 16.0. The van der Waals surface area contributed by atoms with E-state index in [1.165, 1.54) is 6.20 Å². The van der Waals surface area contributed by atoms with Crippen LogP contribution in [0.1, 0.15) is 23.2 Å². The van der Waals surface area contributed by atoms with Gasteiger partial charge >= 0.3 is 0 Å². The maximum absolute atomic E-state index is 12.5. The molecule has 0 spiro atoms. The standard InChI is InChI=1S/C17H18ClN3O3S/c18-16-15(7-4-10-19-16)17(22)21-11-8-13(9-12-21)20-25(23,24)14-5-2-1-3-6-14/h1-7,10,13,20H,8-9,11-12H2. The molecular weight excluding hydrogens is 362 g/mol. The fourth-order valence-electron chi connectivity index (χ4n) is 2.80. The van der Waals surface area contributed by atoms with Gasteiger partial charge in [-0.15, -0.1) is 0 Å². The quantitative estimate of drug-likeness (QED) is 0.827. The molecule has 25 heavy (non-hydrogen) atoms. The van der Waals surface area contributed by atoms with Gasteiger partial charge in [-0.25, -0.2) is 18.1 Å². The van der Waals surface area contributed by atoms with Crippen LogP contribution in [0.3, 0.4) is 0 Å². The summed E-state index contributed by atoms with van der Waals surface area (Å²) in [6.45, 7) is 0.929. The average Bonchev–Trinajstić information content (AvgIpc) is 2.63. The molecule has 2 aromatic rings. The Morgan fingerprint density at radius 3 is 2.44 bits per heavy atom. The Morgan fingerprint density at radius 2 is 1.80 bits per heavy atom. The van der Waals surface area contributed by atoms with E-state index in [0.29, 0.717) is 31.5 Å². The Kier molecular flexibility index (Phi) is 5.36. The zero-order chi connectivity index (χ0) is 17.9. The highest BCUT2D eigenvalue weighted by Gasteiger charge is 2.27. The molecule has 0 unspecified atom stereocenters. The minimum absolute atomic E-state index is 0.178. The molecule has 0 bridgehead atoms. The number of nitrogens with zero attached hydrogens (tertiary/aromatic N) is 2. The van der Waals surface area contributed by atoms with Crippen molar-refractivity contribution in [2.45, 2.75) is 23.8 Å². The van der Waals surface area contributed by atoms with E-state index in [0.717, 1.165) is 0 Å². The molecule has 1 saturated heterocycles. The van der Waals surface area contributed by atoms with Crippen LogP contribution in [0, 0.1) is 0 Å². The topological polar surface area (TPSA) is 79.4 Å². The SMILES string of the molecule is O=C(c1cccnc1Cl)N1CCC(NS(=O)(=O)c2ccccc2)CC1. The van der Waals surface area contributed by atoms with E-state index in [4.69, 9.17) is 11.6 Å². The van der Waals surface area contributed by atoms with E-state index >= 15 is 0 Å². The molecule has 1 aromatic heterocycles. The van der Waals surface area contributed by atoms with Crippen LogP contribution in [0.15, 0.2) is 53.6 Å². The molecule has 8 heteroatoms. The number of likely N-dealkylation sites (tertiary alicyclic amines) is 1. The van der Waals surface area contributed by atoms with Crippen molar-refractivity contribution in [1.29, 1.82) is 0 Å². The summed E-state index contributed by atoms with van der Waals surface area (Å²) in [5.74, 6) is -0.178. The molecule has 132 valence electrons. The smallest absolute Gasteiger partial charge is 0.256 e. The van der Waals surface area contributed by atoms with Gasteiger partial charge in [0, 0.05) is 25.3 Å². The number of halogens is 1. The first kappa shape index (κ1) is 17.8. The molecule has 1 aromatic carbocycles. The second-order valence-electron chi connectivity index (χ2n) is 5.84. The minimum atomic E-state index is -3.54. The largest absolute Gasteiger partial charge is 0.338 e. The first-order chi connectivity index (χ1) is 12.0. The van der Waals surface area contributed by atoms with Gasteiger partial charge < -0.3 is 4.90 Å². The monoisotopic (exact) mass is 379 g/mol. The van der Waals surface area contributed by atoms with Crippen molar-refractivity contribution in [3.05, 3.63) is 59.4 Å². The molecule has 1 aliphatic heterocycles. The third kappa shape index (κ3) is 4.18. The van der Waals surface area contributed by atoms with Gasteiger partial charge in [0.05, 0.1) is 10.5 Å². The third-order valence-corrected chi connectivity index (χ3v) is 5.98. The highest BCUT2D eigenvalue weighted by atomic mass is 35.5. The number of carbonyl (C=O) groups excluding carboxylic acids is 1. The molecule has 3 rings (SSSR count). The van der Waals surface area contributed by atoms with Crippen LogP contribution in [0.25, 0.3) is 0 Å². The van der Waals surface area contributed by atoms with Crippen LogP contribution >= 0.6 is 11.6 Å². The van der Waals surface area contributed by atoms with Crippen LogP contribution in [-0.4, -0.2) is 43.3 Å². The highest BCUT2D eigenvalue weighted by Crippen LogP contribution is 2.19. The van der Waals surface area contributed by atoms with Crippen LogP contribution in [0.4, 0.5) is 0 Å². The fourth-order valence-corrected chi connectivity index (χ4v) is 4.33. The fraction of sp³-hybridized carbons (Fsp3) is 0.294. The van der Waals surface area contributed by atoms with Gasteiger partial charge in [-0.1, -0.05) is 29.8 Å². The number of amides is 1. The first-order valence-electron chi connectivity index (χ1n) is 7.94. The minimum Gasteiger partial charge on any atom is -0.338 e. The molecule has 1 aliphatic rings. The van der Waals surface area contributed by atoms with Gasteiger partial charge in [0.1, 0.15) is 5.15 Å². The van der Waals surface area contributed by atoms with Gasteiger partial charge in [0.15, 0.2) is 0 Å². The number of piperidine rings is 1. The second kappa shape index (κ2) is 7.51. The summed E-state index contributed by atoms with van der Waals surface area (Å²) in [5, 5.41) is 0.180. The maximum Gasteiger partial charge on any atom is 0.256 e. The van der Waals surface area contributed by atoms with E-state index in [1.807, 2.05) is 0 Å². The maximum atomic E-state index is 12.5. The van der Waals surface area contributed by atoms with Crippen LogP contribution in [0.5, 0.6) is 0 Å². The summed E-state index contributed by atoms with van der Waals surface area (Å²) in [7, 11) is -3.54. The molecule has 0 aliphatic carbocycles. The lowest BCUT2D eigenvalue weighted by Crippen LogP contribution is -2.46. The summed E-state index contributed by atoms with van der Waals surface area (Å²) >= 11 is 5.97. The van der Waals surface area contributed by atoms with Crippen molar-refractivity contribution in [2.24, 2.45) is 0 Å². The van der Waals surface area contributed by atoms with Crippen molar-refractivity contribution in [1.82, 2.24) is 14.6 Å². The number of aromatic nitrogens is 1. The summed E-state index contributed by atoms with van der Waals surface area (Å²) < 4.78 is 27.4. The van der Waals surface area contributed by atoms with Crippen LogP contribution in [0.2, 0.25) is 5.15 Å². The van der Waals surface area contributed by atoms with Crippen molar-refractivity contribution in [3.8, 4) is 0 Å². The lowest BCUT2D eigenvalue weighted by Gasteiger charge is -2.32. The van der Waals surface area contributed by atoms with Crippen LogP contribution in [-0.2, 0) is 10.0 Å². The van der Waals surface area contributed by atoms with Crippen molar-refractivity contribution < 1.29 is 13.2 Å². The molecule has 0 radical (unpaired) electrons. The zero-order valence-electron chi connectivity index (χ0n) is 13.4. The lowest BCUT2D eigenvalue weighted by atomic mass is 10.1. The van der Waals surface area contributed by atoms with Crippen molar-refractivity contribution >= 4 is 27.5 Å². The van der Waals surface area contributed by atoms with Crippen molar-refractivity contribution in [2.75, 3.05) is 13.1 Å². The average molecular weight is 380 g/mol. The molecule has 1 N–H and O–H groups in total. The number of hydrogen-bond donors (Lipinski definition) is 1. The Balaban J connectivity index is 1.61. The van der Waals surface area contributed by atoms with E-state index in [2.05, 4.69) is 9.71 Å². The molecule has 0 saturated carbocycles. The Morgan fingerprint density at radius 1 is 1.12 bits per heavy atom. The zero-order valence-corrected chi connectivity index (χ0v) is 15.0. The Labute approximate surface area is 151 Å². The second-order valence-corrected chi connectivity index (χ2v) is 7.91. The van der Waals surface area contributed by atoms with E-state index in [9.17, 15) is 13.2 Å². The first-order valence-corrected chi connectivity index (χ1v) is 9.80. The number of sulfonamides is 1. The predicted molar refractivity (Wildman–Crippen MR) is 94.9 cm³/mol. The van der Waals surface area contributed by atoms with Crippen LogP contribution < -0.4 is 4.72 Å². The number of rotatable bonds is 4. The van der Waals surface area contributed by atoms with E-state index in [-0.39, 0.29) is 22.0 Å². The third-order valence-electron chi connectivity index (χ3n) is 4.15. The number of pyridine rings is 1. The summed E-state index contributed by atoms with van der Waals surface area (Å²) in [6, 6.07) is 11.4. The number of hydrogen-bond acceptors (Lipinski definition) is 4. The molecule has 0 atom stereocenters. The van der Waals surface area contributed by atoms with Gasteiger partial charge in [-0.3, -0.25) is 4.79 Å². The highest BCUT2D eigenvalue weighted by molar-refractivity contribution is 7.89. The molecule has 2 heterocycles. The summed E-state index contributed by atoms with van der Waals surface area (Å²) in [5.41, 5.74) is 0.368. The molecule has 6 nitrogen and oxygen atoms in total. The molecule has 1 fully saturated rings. The summed E-state index contributed by atoms with van der Waals surface area (Å²) in [4.78, 5) is 18.3.